The zero-order valence-electron chi connectivity index (χ0n) is 9.98. The summed E-state index contributed by atoms with van der Waals surface area (Å²) in [5.74, 6) is 0.568. The Hall–Kier alpha value is -2.14. The van der Waals surface area contributed by atoms with E-state index in [1.807, 2.05) is 12.1 Å². The Morgan fingerprint density at radius 1 is 1.16 bits per heavy atom. The van der Waals surface area contributed by atoms with Crippen molar-refractivity contribution in [3.05, 3.63) is 59.3 Å². The van der Waals surface area contributed by atoms with E-state index in [9.17, 15) is 8.42 Å². The van der Waals surface area contributed by atoms with Crippen LogP contribution in [0, 0.1) is 0 Å². The molecule has 0 spiro atoms. The predicted molar refractivity (Wildman–Crippen MR) is 71.2 cm³/mol. The minimum atomic E-state index is -3.28. The molecule has 0 amide bonds. The van der Waals surface area contributed by atoms with Crippen LogP contribution < -0.4 is 4.74 Å². The number of aromatic nitrogens is 1. The van der Waals surface area contributed by atoms with E-state index in [0.717, 1.165) is 5.56 Å². The summed E-state index contributed by atoms with van der Waals surface area (Å²) in [4.78, 5) is 4.30. The molecule has 3 rings (SSSR count). The number of sulfone groups is 1. The van der Waals surface area contributed by atoms with Crippen molar-refractivity contribution in [2.75, 3.05) is 0 Å². The average molecular weight is 273 g/mol. The van der Waals surface area contributed by atoms with Crippen LogP contribution >= 0.6 is 0 Å². The summed E-state index contributed by atoms with van der Waals surface area (Å²) < 4.78 is 29.1. The van der Waals surface area contributed by atoms with Gasteiger partial charge in [-0.2, -0.15) is 0 Å². The van der Waals surface area contributed by atoms with Crippen LogP contribution in [0.25, 0.3) is 6.08 Å². The summed E-state index contributed by atoms with van der Waals surface area (Å²) >= 11 is 0. The molecule has 1 aromatic carbocycles. The van der Waals surface area contributed by atoms with Crippen LogP contribution in [-0.4, -0.2) is 13.4 Å². The first-order valence-electron chi connectivity index (χ1n) is 5.75. The SMILES string of the molecule is O=S1(=O)C=Cc2c(OCc3cccnc3)cccc21. The Kier molecular flexibility index (Phi) is 2.83. The fraction of sp³-hybridized carbons (Fsp3) is 0.0714. The number of ether oxygens (including phenoxy) is 1. The maximum Gasteiger partial charge on any atom is 0.200 e. The molecule has 0 fully saturated rings. The maximum absolute atomic E-state index is 11.7. The summed E-state index contributed by atoms with van der Waals surface area (Å²) in [6.45, 7) is 0.359. The van der Waals surface area contributed by atoms with Gasteiger partial charge in [-0.05, 0) is 24.3 Å². The Balaban J connectivity index is 1.88. The maximum atomic E-state index is 11.7. The number of nitrogens with zero attached hydrogens (tertiary/aromatic N) is 1. The smallest absolute Gasteiger partial charge is 0.200 e. The molecule has 0 bridgehead atoms. The highest BCUT2D eigenvalue weighted by atomic mass is 32.2. The van der Waals surface area contributed by atoms with Crippen LogP contribution in [0.1, 0.15) is 11.1 Å². The van der Waals surface area contributed by atoms with Crippen molar-refractivity contribution < 1.29 is 13.2 Å². The number of benzene rings is 1. The molecule has 5 heteroatoms. The first kappa shape index (κ1) is 11.9. The summed E-state index contributed by atoms with van der Waals surface area (Å²) in [5.41, 5.74) is 1.55. The van der Waals surface area contributed by atoms with Gasteiger partial charge >= 0.3 is 0 Å². The molecule has 0 aliphatic carbocycles. The molecule has 2 heterocycles. The molecule has 0 saturated heterocycles. The molecule has 0 unspecified atom stereocenters. The number of fused-ring (bicyclic) bond motifs is 1. The lowest BCUT2D eigenvalue weighted by Gasteiger charge is -2.09. The molecular weight excluding hydrogens is 262 g/mol. The van der Waals surface area contributed by atoms with E-state index in [2.05, 4.69) is 4.98 Å². The van der Waals surface area contributed by atoms with Crippen LogP contribution in [0.5, 0.6) is 5.75 Å². The fourth-order valence-corrected chi connectivity index (χ4v) is 3.14. The molecule has 2 aromatic rings. The van der Waals surface area contributed by atoms with Crippen LogP contribution in [0.4, 0.5) is 0 Å². The van der Waals surface area contributed by atoms with Crippen LogP contribution in [0.15, 0.2) is 53.0 Å². The van der Waals surface area contributed by atoms with Gasteiger partial charge < -0.3 is 4.74 Å². The Morgan fingerprint density at radius 3 is 2.84 bits per heavy atom. The van der Waals surface area contributed by atoms with Crippen LogP contribution in [0.3, 0.4) is 0 Å². The first-order valence-corrected chi connectivity index (χ1v) is 7.29. The van der Waals surface area contributed by atoms with Crippen molar-refractivity contribution in [2.24, 2.45) is 0 Å². The molecule has 0 atom stereocenters. The zero-order chi connectivity index (χ0) is 13.3. The molecule has 0 N–H and O–H groups in total. The first-order chi connectivity index (χ1) is 9.17. The highest BCUT2D eigenvalue weighted by Crippen LogP contribution is 2.34. The standard InChI is InChI=1S/C14H11NO3S/c16-19(17)8-6-12-13(4-1-5-14(12)19)18-10-11-3-2-7-15-9-11/h1-9H,10H2. The van der Waals surface area contributed by atoms with Gasteiger partial charge in [0, 0.05) is 28.9 Å². The van der Waals surface area contributed by atoms with Gasteiger partial charge in [-0.3, -0.25) is 4.98 Å². The van der Waals surface area contributed by atoms with E-state index >= 15 is 0 Å². The van der Waals surface area contributed by atoms with Crippen molar-refractivity contribution in [2.45, 2.75) is 11.5 Å². The van der Waals surface area contributed by atoms with E-state index in [1.165, 1.54) is 5.41 Å². The van der Waals surface area contributed by atoms with Gasteiger partial charge in [-0.25, -0.2) is 8.42 Å². The molecule has 1 aliphatic heterocycles. The monoisotopic (exact) mass is 273 g/mol. The third-order valence-corrected chi connectivity index (χ3v) is 4.33. The lowest BCUT2D eigenvalue weighted by molar-refractivity contribution is 0.304. The molecular formula is C14H11NO3S. The third kappa shape index (κ3) is 2.24. The molecule has 1 aromatic heterocycles. The number of hydrogen-bond donors (Lipinski definition) is 0. The van der Waals surface area contributed by atoms with Crippen molar-refractivity contribution in [1.29, 1.82) is 0 Å². The molecule has 0 saturated carbocycles. The summed E-state index contributed by atoms with van der Waals surface area (Å²) in [5, 5.41) is 1.20. The second-order valence-corrected chi connectivity index (χ2v) is 5.97. The molecule has 96 valence electrons. The van der Waals surface area contributed by atoms with E-state index in [-0.39, 0.29) is 0 Å². The average Bonchev–Trinajstić information content (AvgIpc) is 2.74. The van der Waals surface area contributed by atoms with E-state index < -0.39 is 9.84 Å². The number of hydrogen-bond acceptors (Lipinski definition) is 4. The lowest BCUT2D eigenvalue weighted by Crippen LogP contribution is -1.99. The fourth-order valence-electron chi connectivity index (χ4n) is 1.94. The predicted octanol–water partition coefficient (Wildman–Crippen LogP) is 2.42. The quantitative estimate of drug-likeness (QED) is 0.861. The molecule has 19 heavy (non-hydrogen) atoms. The van der Waals surface area contributed by atoms with Crippen molar-refractivity contribution in [3.8, 4) is 5.75 Å². The second-order valence-electron chi connectivity index (χ2n) is 4.17. The Bertz CT molecular complexity index is 737. The van der Waals surface area contributed by atoms with Crippen LogP contribution in [-0.2, 0) is 16.4 Å². The second kappa shape index (κ2) is 4.51. The minimum Gasteiger partial charge on any atom is -0.488 e. The van der Waals surface area contributed by atoms with Gasteiger partial charge in [0.1, 0.15) is 12.4 Å². The summed E-state index contributed by atoms with van der Waals surface area (Å²) in [7, 11) is -3.28. The van der Waals surface area contributed by atoms with Crippen molar-refractivity contribution in [1.82, 2.24) is 4.98 Å². The van der Waals surface area contributed by atoms with Gasteiger partial charge in [0.05, 0.1) is 4.90 Å². The van der Waals surface area contributed by atoms with Gasteiger partial charge in [-0.1, -0.05) is 12.1 Å². The van der Waals surface area contributed by atoms with Gasteiger partial charge in [-0.15, -0.1) is 0 Å². The third-order valence-electron chi connectivity index (χ3n) is 2.86. The number of rotatable bonds is 3. The number of pyridine rings is 1. The minimum absolute atomic E-state index is 0.302. The largest absolute Gasteiger partial charge is 0.488 e. The molecule has 4 nitrogen and oxygen atoms in total. The van der Waals surface area contributed by atoms with Crippen molar-refractivity contribution in [3.63, 3.8) is 0 Å². The van der Waals surface area contributed by atoms with Gasteiger partial charge in [0.2, 0.25) is 9.84 Å². The Morgan fingerprint density at radius 2 is 2.05 bits per heavy atom. The van der Waals surface area contributed by atoms with Gasteiger partial charge in [0.15, 0.2) is 0 Å². The van der Waals surface area contributed by atoms with E-state index in [0.29, 0.717) is 22.8 Å². The van der Waals surface area contributed by atoms with E-state index in [1.54, 1.807) is 36.7 Å². The zero-order valence-corrected chi connectivity index (χ0v) is 10.8. The topological polar surface area (TPSA) is 56.3 Å². The highest BCUT2D eigenvalue weighted by molar-refractivity contribution is 7.94. The molecule has 0 radical (unpaired) electrons. The normalized spacial score (nSPS) is 15.2. The highest BCUT2D eigenvalue weighted by Gasteiger charge is 2.23. The Labute approximate surface area is 111 Å². The van der Waals surface area contributed by atoms with Crippen molar-refractivity contribution >= 4 is 15.9 Å². The van der Waals surface area contributed by atoms with E-state index in [4.69, 9.17) is 4.74 Å². The molecule has 1 aliphatic rings. The summed E-state index contributed by atoms with van der Waals surface area (Å²) in [6, 6.07) is 8.77. The lowest BCUT2D eigenvalue weighted by atomic mass is 10.2. The van der Waals surface area contributed by atoms with Crippen LogP contribution in [0.2, 0.25) is 0 Å². The summed E-state index contributed by atoms with van der Waals surface area (Å²) in [6.07, 6.45) is 4.98. The van der Waals surface area contributed by atoms with Gasteiger partial charge in [0.25, 0.3) is 0 Å².